The van der Waals surface area contributed by atoms with Gasteiger partial charge in [-0.05, 0) is 42.5 Å². The van der Waals surface area contributed by atoms with Crippen molar-refractivity contribution in [2.45, 2.75) is 25.3 Å². The van der Waals surface area contributed by atoms with Gasteiger partial charge in [-0.3, -0.25) is 0 Å². The number of aryl methyl sites for hydroxylation is 1. The zero-order chi connectivity index (χ0) is 13.2. The van der Waals surface area contributed by atoms with Crippen LogP contribution in [0.2, 0.25) is 0 Å². The van der Waals surface area contributed by atoms with Gasteiger partial charge in [0, 0.05) is 0 Å². The maximum Gasteiger partial charge on any atom is 0.149 e. The van der Waals surface area contributed by atoms with Gasteiger partial charge in [-0.25, -0.2) is 8.78 Å². The lowest BCUT2D eigenvalue weighted by Gasteiger charge is -2.27. The molecule has 0 saturated carbocycles. The van der Waals surface area contributed by atoms with Crippen LogP contribution in [0.1, 0.15) is 30.0 Å². The van der Waals surface area contributed by atoms with Crippen LogP contribution in [0.4, 0.5) is 14.5 Å². The van der Waals surface area contributed by atoms with Crippen LogP contribution in [-0.4, -0.2) is 0 Å². The van der Waals surface area contributed by atoms with Gasteiger partial charge in [0.05, 0.1) is 6.04 Å². The zero-order valence-electron chi connectivity index (χ0n) is 10.5. The summed E-state index contributed by atoms with van der Waals surface area (Å²) >= 11 is 0. The monoisotopic (exact) mass is 259 g/mol. The number of para-hydroxylation sites is 1. The SMILES string of the molecule is Fc1cccc(F)c1NC1CCCc2ccccc21. The average Bonchev–Trinajstić information content (AvgIpc) is 2.43. The molecule has 0 heterocycles. The van der Waals surface area contributed by atoms with Crippen molar-refractivity contribution in [3.05, 3.63) is 65.2 Å². The number of benzene rings is 2. The Morgan fingerprint density at radius 3 is 2.47 bits per heavy atom. The van der Waals surface area contributed by atoms with E-state index < -0.39 is 11.6 Å². The number of rotatable bonds is 2. The fourth-order valence-corrected chi connectivity index (χ4v) is 2.71. The molecule has 1 unspecified atom stereocenters. The Labute approximate surface area is 111 Å². The maximum atomic E-state index is 13.7. The van der Waals surface area contributed by atoms with Gasteiger partial charge in [-0.1, -0.05) is 30.3 Å². The van der Waals surface area contributed by atoms with E-state index in [2.05, 4.69) is 11.4 Å². The molecule has 1 aliphatic carbocycles. The number of hydrogen-bond donors (Lipinski definition) is 1. The van der Waals surface area contributed by atoms with Crippen LogP contribution in [0.15, 0.2) is 42.5 Å². The van der Waals surface area contributed by atoms with Crippen LogP contribution in [0.25, 0.3) is 0 Å². The van der Waals surface area contributed by atoms with E-state index in [0.717, 1.165) is 24.8 Å². The lowest BCUT2D eigenvalue weighted by atomic mass is 9.87. The predicted molar refractivity (Wildman–Crippen MR) is 72.1 cm³/mol. The lowest BCUT2D eigenvalue weighted by molar-refractivity contribution is 0.562. The number of anilines is 1. The number of nitrogens with one attached hydrogen (secondary N) is 1. The van der Waals surface area contributed by atoms with Gasteiger partial charge in [-0.2, -0.15) is 0 Å². The Morgan fingerprint density at radius 1 is 0.947 bits per heavy atom. The highest BCUT2D eigenvalue weighted by molar-refractivity contribution is 5.49. The maximum absolute atomic E-state index is 13.7. The summed E-state index contributed by atoms with van der Waals surface area (Å²) < 4.78 is 27.4. The first-order valence-corrected chi connectivity index (χ1v) is 6.54. The molecule has 19 heavy (non-hydrogen) atoms. The molecule has 1 aliphatic rings. The van der Waals surface area contributed by atoms with Gasteiger partial charge < -0.3 is 5.32 Å². The lowest BCUT2D eigenvalue weighted by Crippen LogP contribution is -2.18. The fourth-order valence-electron chi connectivity index (χ4n) is 2.71. The molecular weight excluding hydrogens is 244 g/mol. The average molecular weight is 259 g/mol. The van der Waals surface area contributed by atoms with Crippen molar-refractivity contribution in [1.82, 2.24) is 0 Å². The van der Waals surface area contributed by atoms with Gasteiger partial charge in [-0.15, -0.1) is 0 Å². The third kappa shape index (κ3) is 2.33. The molecule has 0 amide bonds. The molecule has 0 fully saturated rings. The molecule has 3 rings (SSSR count). The minimum Gasteiger partial charge on any atom is -0.373 e. The van der Waals surface area contributed by atoms with Crippen molar-refractivity contribution >= 4 is 5.69 Å². The fraction of sp³-hybridized carbons (Fsp3) is 0.250. The highest BCUT2D eigenvalue weighted by Gasteiger charge is 2.21. The van der Waals surface area contributed by atoms with Crippen LogP contribution < -0.4 is 5.32 Å². The summed E-state index contributed by atoms with van der Waals surface area (Å²) in [6, 6.07) is 12.0. The van der Waals surface area contributed by atoms with E-state index in [1.54, 1.807) is 0 Å². The predicted octanol–water partition coefficient (Wildman–Crippen LogP) is 4.45. The molecule has 0 aliphatic heterocycles. The normalized spacial score (nSPS) is 17.9. The van der Waals surface area contributed by atoms with E-state index >= 15 is 0 Å². The summed E-state index contributed by atoms with van der Waals surface area (Å²) in [6.07, 6.45) is 2.96. The molecule has 3 heteroatoms. The van der Waals surface area contributed by atoms with Crippen LogP contribution in [-0.2, 0) is 6.42 Å². The summed E-state index contributed by atoms with van der Waals surface area (Å²) in [6.45, 7) is 0. The molecule has 0 bridgehead atoms. The Hall–Kier alpha value is -1.90. The molecule has 0 saturated heterocycles. The van der Waals surface area contributed by atoms with Crippen molar-refractivity contribution in [2.24, 2.45) is 0 Å². The quantitative estimate of drug-likeness (QED) is 0.840. The Morgan fingerprint density at radius 2 is 1.68 bits per heavy atom. The molecule has 2 aromatic rings. The van der Waals surface area contributed by atoms with Crippen molar-refractivity contribution in [3.8, 4) is 0 Å². The van der Waals surface area contributed by atoms with Crippen LogP contribution in [0.3, 0.4) is 0 Å². The van der Waals surface area contributed by atoms with E-state index in [1.165, 1.54) is 23.8 Å². The summed E-state index contributed by atoms with van der Waals surface area (Å²) in [5, 5.41) is 3.02. The van der Waals surface area contributed by atoms with Crippen LogP contribution in [0, 0.1) is 11.6 Å². The zero-order valence-corrected chi connectivity index (χ0v) is 10.5. The van der Waals surface area contributed by atoms with Crippen molar-refractivity contribution < 1.29 is 8.78 Å². The molecule has 0 aromatic heterocycles. The molecular formula is C16H15F2N. The Bertz CT molecular complexity index is 575. The van der Waals surface area contributed by atoms with Crippen LogP contribution in [0.5, 0.6) is 0 Å². The van der Waals surface area contributed by atoms with E-state index in [0.29, 0.717) is 0 Å². The molecule has 1 nitrogen and oxygen atoms in total. The van der Waals surface area contributed by atoms with Gasteiger partial charge in [0.2, 0.25) is 0 Å². The van der Waals surface area contributed by atoms with Crippen LogP contribution >= 0.6 is 0 Å². The third-order valence-electron chi connectivity index (χ3n) is 3.65. The second-order valence-electron chi connectivity index (χ2n) is 4.88. The molecule has 1 N–H and O–H groups in total. The van der Waals surface area contributed by atoms with E-state index in [-0.39, 0.29) is 11.7 Å². The standard InChI is InChI=1S/C16H15F2N/c17-13-8-4-9-14(18)16(13)19-15-10-3-6-11-5-1-2-7-12(11)15/h1-2,4-5,7-9,15,19H,3,6,10H2. The molecule has 0 spiro atoms. The van der Waals surface area contributed by atoms with Crippen molar-refractivity contribution in [3.63, 3.8) is 0 Å². The summed E-state index contributed by atoms with van der Waals surface area (Å²) in [7, 11) is 0. The summed E-state index contributed by atoms with van der Waals surface area (Å²) in [4.78, 5) is 0. The second kappa shape index (κ2) is 5.00. The van der Waals surface area contributed by atoms with E-state index in [9.17, 15) is 8.78 Å². The van der Waals surface area contributed by atoms with E-state index in [1.807, 2.05) is 18.2 Å². The first kappa shape index (κ1) is 12.2. The van der Waals surface area contributed by atoms with Crippen molar-refractivity contribution in [2.75, 3.05) is 5.32 Å². The molecule has 98 valence electrons. The highest BCUT2D eigenvalue weighted by atomic mass is 19.1. The molecule has 0 radical (unpaired) electrons. The van der Waals surface area contributed by atoms with Gasteiger partial charge >= 0.3 is 0 Å². The van der Waals surface area contributed by atoms with Crippen molar-refractivity contribution in [1.29, 1.82) is 0 Å². The minimum atomic E-state index is -0.539. The first-order valence-electron chi connectivity index (χ1n) is 6.54. The molecule has 2 aromatic carbocycles. The number of hydrogen-bond acceptors (Lipinski definition) is 1. The van der Waals surface area contributed by atoms with Gasteiger partial charge in [0.25, 0.3) is 0 Å². The first-order chi connectivity index (χ1) is 9.25. The number of fused-ring (bicyclic) bond motifs is 1. The summed E-state index contributed by atoms with van der Waals surface area (Å²) in [5.74, 6) is -1.08. The highest BCUT2D eigenvalue weighted by Crippen LogP contribution is 2.33. The Balaban J connectivity index is 1.93. The largest absolute Gasteiger partial charge is 0.373 e. The topological polar surface area (TPSA) is 12.0 Å². The Kier molecular flexibility index (Phi) is 3.20. The third-order valence-corrected chi connectivity index (χ3v) is 3.65. The smallest absolute Gasteiger partial charge is 0.149 e. The van der Waals surface area contributed by atoms with Gasteiger partial charge in [0.1, 0.15) is 17.3 Å². The minimum absolute atomic E-state index is 0.0173. The van der Waals surface area contributed by atoms with E-state index in [4.69, 9.17) is 0 Å². The second-order valence-corrected chi connectivity index (χ2v) is 4.88. The number of halogens is 2. The van der Waals surface area contributed by atoms with Gasteiger partial charge in [0.15, 0.2) is 0 Å². The summed E-state index contributed by atoms with van der Waals surface area (Å²) in [5.41, 5.74) is 2.39. The molecule has 1 atom stereocenters.